The average Bonchev–Trinajstić information content (AvgIpc) is 3.08. The molecule has 43 heavy (non-hydrogen) atoms. The summed E-state index contributed by atoms with van der Waals surface area (Å²) in [4.78, 5) is 29.2. The molecule has 0 aliphatic rings. The maximum atomic E-state index is 12.9. The molecule has 0 aliphatic heterocycles. The number of hydrogen-bond donors (Lipinski definition) is 1. The maximum Gasteiger partial charge on any atom is 0.338 e. The number of esters is 2. The first kappa shape index (κ1) is 29.0. The molecular weight excluding hydrogens is 540 g/mol. The number of hydrogen-bond acceptors (Lipinski definition) is 7. The van der Waals surface area contributed by atoms with Crippen LogP contribution >= 0.6 is 0 Å². The molecule has 214 valence electrons. The van der Waals surface area contributed by atoms with Gasteiger partial charge in [0.05, 0.1) is 31.1 Å². The first-order chi connectivity index (χ1) is 21.0. The van der Waals surface area contributed by atoms with Crippen molar-refractivity contribution in [1.29, 1.82) is 0 Å². The Morgan fingerprint density at radius 2 is 1.40 bits per heavy atom. The van der Waals surface area contributed by atoms with Gasteiger partial charge >= 0.3 is 11.9 Å². The monoisotopic (exact) mass is 570 g/mol. The Kier molecular flexibility index (Phi) is 9.02. The van der Waals surface area contributed by atoms with Crippen LogP contribution in [0.4, 0.5) is 0 Å². The fourth-order valence-corrected chi connectivity index (χ4v) is 5.27. The van der Waals surface area contributed by atoms with E-state index in [2.05, 4.69) is 22.3 Å². The summed E-state index contributed by atoms with van der Waals surface area (Å²) >= 11 is 0. The minimum absolute atomic E-state index is 0.0908. The Bertz CT molecular complexity index is 1750. The number of methoxy groups -OCH3 is 2. The standard InChI is InChI=1S/C36H30N2O5/c1-42-35(39)29-11-6-10-28(22-29)34-30(12-7-13-31(34)36(40)43-2)25-14-16-26(17-15-25)32(24-8-4-3-5-9-24)23-33(38-41)27-18-20-37-21-19-27/h3-22,32,41H,23H2,1-2H3/b38-33+. The lowest BCUT2D eigenvalue weighted by Crippen LogP contribution is -2.10. The van der Waals surface area contributed by atoms with Crippen molar-refractivity contribution >= 4 is 17.7 Å². The van der Waals surface area contributed by atoms with E-state index in [9.17, 15) is 14.8 Å². The molecule has 0 saturated carbocycles. The van der Waals surface area contributed by atoms with Crippen molar-refractivity contribution in [2.75, 3.05) is 14.2 Å². The van der Waals surface area contributed by atoms with E-state index in [0.717, 1.165) is 27.8 Å². The lowest BCUT2D eigenvalue weighted by molar-refractivity contribution is 0.0593. The number of benzene rings is 4. The van der Waals surface area contributed by atoms with Gasteiger partial charge in [-0.2, -0.15) is 0 Å². The lowest BCUT2D eigenvalue weighted by Gasteiger charge is -2.20. The highest BCUT2D eigenvalue weighted by atomic mass is 16.5. The molecule has 0 fully saturated rings. The zero-order valence-corrected chi connectivity index (χ0v) is 23.8. The van der Waals surface area contributed by atoms with Crippen molar-refractivity contribution in [2.24, 2.45) is 5.16 Å². The molecule has 0 saturated heterocycles. The maximum absolute atomic E-state index is 12.9. The number of aromatic nitrogens is 1. The number of ether oxygens (including phenoxy) is 2. The predicted molar refractivity (Wildman–Crippen MR) is 165 cm³/mol. The van der Waals surface area contributed by atoms with Gasteiger partial charge in [0.2, 0.25) is 0 Å². The third-order valence-electron chi connectivity index (χ3n) is 7.40. The molecule has 1 N–H and O–H groups in total. The highest BCUT2D eigenvalue weighted by Gasteiger charge is 2.22. The van der Waals surface area contributed by atoms with Gasteiger partial charge in [0, 0.05) is 35.9 Å². The van der Waals surface area contributed by atoms with E-state index in [-0.39, 0.29) is 5.92 Å². The normalized spacial score (nSPS) is 11.9. The molecule has 0 bridgehead atoms. The van der Waals surface area contributed by atoms with Gasteiger partial charge in [0.15, 0.2) is 0 Å². The highest BCUT2D eigenvalue weighted by Crippen LogP contribution is 2.37. The van der Waals surface area contributed by atoms with Crippen molar-refractivity contribution < 1.29 is 24.3 Å². The van der Waals surface area contributed by atoms with Crippen molar-refractivity contribution in [1.82, 2.24) is 4.98 Å². The molecule has 0 radical (unpaired) electrons. The second kappa shape index (κ2) is 13.4. The van der Waals surface area contributed by atoms with Crippen LogP contribution in [0.1, 0.15) is 49.7 Å². The molecule has 4 aromatic carbocycles. The van der Waals surface area contributed by atoms with Gasteiger partial charge in [-0.25, -0.2) is 9.59 Å². The molecule has 5 rings (SSSR count). The number of carbonyl (C=O) groups is 2. The molecule has 1 aromatic heterocycles. The largest absolute Gasteiger partial charge is 0.465 e. The Balaban J connectivity index is 1.58. The quantitative estimate of drug-likeness (QED) is 0.0859. The van der Waals surface area contributed by atoms with E-state index in [1.807, 2.05) is 72.8 Å². The summed E-state index contributed by atoms with van der Waals surface area (Å²) in [5.74, 6) is -1.03. The van der Waals surface area contributed by atoms with Crippen LogP contribution in [0.15, 0.2) is 127 Å². The summed E-state index contributed by atoms with van der Waals surface area (Å²) in [6, 6.07) is 34.3. The molecule has 0 aliphatic carbocycles. The average molecular weight is 571 g/mol. The van der Waals surface area contributed by atoms with Gasteiger partial charge in [0.1, 0.15) is 0 Å². The third-order valence-corrected chi connectivity index (χ3v) is 7.40. The van der Waals surface area contributed by atoms with Gasteiger partial charge in [-0.3, -0.25) is 4.98 Å². The number of nitrogens with zero attached hydrogens (tertiary/aromatic N) is 2. The van der Waals surface area contributed by atoms with E-state index in [1.54, 1.807) is 36.7 Å². The van der Waals surface area contributed by atoms with Crippen LogP contribution in [-0.2, 0) is 9.47 Å². The Hall–Kier alpha value is -5.56. The first-order valence-electron chi connectivity index (χ1n) is 13.7. The van der Waals surface area contributed by atoms with Crippen LogP contribution in [0.5, 0.6) is 0 Å². The van der Waals surface area contributed by atoms with Gasteiger partial charge < -0.3 is 14.7 Å². The second-order valence-corrected chi connectivity index (χ2v) is 9.86. The zero-order valence-electron chi connectivity index (χ0n) is 23.8. The van der Waals surface area contributed by atoms with Crippen LogP contribution in [0.3, 0.4) is 0 Å². The summed E-state index contributed by atoms with van der Waals surface area (Å²) in [7, 11) is 2.68. The molecule has 1 unspecified atom stereocenters. The van der Waals surface area contributed by atoms with Gasteiger partial charge in [-0.15, -0.1) is 0 Å². The molecular formula is C36H30N2O5. The van der Waals surface area contributed by atoms with Crippen molar-refractivity contribution in [3.05, 3.63) is 149 Å². The number of oxime groups is 1. The summed E-state index contributed by atoms with van der Waals surface area (Å²) in [6.45, 7) is 0. The van der Waals surface area contributed by atoms with E-state index in [1.165, 1.54) is 14.2 Å². The van der Waals surface area contributed by atoms with Crippen LogP contribution in [0, 0.1) is 0 Å². The van der Waals surface area contributed by atoms with E-state index < -0.39 is 11.9 Å². The number of pyridine rings is 1. The topological polar surface area (TPSA) is 98.1 Å². The molecule has 0 spiro atoms. The lowest BCUT2D eigenvalue weighted by atomic mass is 9.84. The summed E-state index contributed by atoms with van der Waals surface area (Å²) in [5, 5.41) is 13.5. The van der Waals surface area contributed by atoms with Crippen LogP contribution in [-0.4, -0.2) is 42.1 Å². The van der Waals surface area contributed by atoms with Crippen LogP contribution in [0.25, 0.3) is 22.3 Å². The van der Waals surface area contributed by atoms with Crippen molar-refractivity contribution in [3.63, 3.8) is 0 Å². The third kappa shape index (κ3) is 6.36. The molecule has 1 heterocycles. The Morgan fingerprint density at radius 3 is 2.07 bits per heavy atom. The molecule has 7 nitrogen and oxygen atoms in total. The fourth-order valence-electron chi connectivity index (χ4n) is 5.27. The summed E-state index contributed by atoms with van der Waals surface area (Å²) in [6.07, 6.45) is 3.81. The minimum Gasteiger partial charge on any atom is -0.465 e. The van der Waals surface area contributed by atoms with E-state index in [4.69, 9.17) is 9.47 Å². The number of rotatable bonds is 9. The van der Waals surface area contributed by atoms with E-state index >= 15 is 0 Å². The van der Waals surface area contributed by atoms with Gasteiger partial charge in [-0.1, -0.05) is 84.0 Å². The summed E-state index contributed by atoms with van der Waals surface area (Å²) in [5.41, 5.74) is 7.25. The molecule has 1 atom stereocenters. The van der Waals surface area contributed by atoms with Crippen molar-refractivity contribution in [3.8, 4) is 22.3 Å². The molecule has 5 aromatic rings. The Morgan fingerprint density at radius 1 is 0.721 bits per heavy atom. The van der Waals surface area contributed by atoms with E-state index in [0.29, 0.717) is 34.4 Å². The predicted octanol–water partition coefficient (Wildman–Crippen LogP) is 7.39. The van der Waals surface area contributed by atoms with Gasteiger partial charge in [-0.05, 0) is 58.1 Å². The smallest absolute Gasteiger partial charge is 0.338 e. The van der Waals surface area contributed by atoms with Crippen LogP contribution < -0.4 is 0 Å². The summed E-state index contributed by atoms with van der Waals surface area (Å²) < 4.78 is 10.0. The SMILES string of the molecule is COC(=O)c1cccc(-c2c(C(=O)OC)cccc2-c2ccc(C(C/C(=N\O)c3ccncc3)c3ccccc3)cc2)c1. The Labute approximate surface area is 250 Å². The minimum atomic E-state index is -0.479. The number of carbonyl (C=O) groups excluding carboxylic acids is 2. The second-order valence-electron chi connectivity index (χ2n) is 9.86. The fraction of sp³-hybridized carbons (Fsp3) is 0.111. The molecule has 0 amide bonds. The van der Waals surface area contributed by atoms with Crippen molar-refractivity contribution in [2.45, 2.75) is 12.3 Å². The first-order valence-corrected chi connectivity index (χ1v) is 13.7. The highest BCUT2D eigenvalue weighted by molar-refractivity contribution is 6.03. The van der Waals surface area contributed by atoms with Gasteiger partial charge in [0.25, 0.3) is 0 Å². The molecule has 7 heteroatoms. The zero-order chi connectivity index (χ0) is 30.2. The van der Waals surface area contributed by atoms with Crippen LogP contribution in [0.2, 0.25) is 0 Å².